The van der Waals surface area contributed by atoms with E-state index < -0.39 is 21.8 Å². The number of aromatic amines is 1. The molecule has 11 nitrogen and oxygen atoms in total. The molecule has 13 heteroatoms. The van der Waals surface area contributed by atoms with E-state index in [4.69, 9.17) is 0 Å². The summed E-state index contributed by atoms with van der Waals surface area (Å²) in [6, 6.07) is 13.8. The monoisotopic (exact) mass is 644 g/mol. The molecule has 6 heterocycles. The average Bonchev–Trinajstić information content (AvgIpc) is 3.71. The number of rotatable bonds is 7. The molecule has 7 rings (SSSR count). The van der Waals surface area contributed by atoms with E-state index in [1.54, 1.807) is 24.0 Å². The molecule has 234 valence electrons. The summed E-state index contributed by atoms with van der Waals surface area (Å²) in [5, 5.41) is 6.12. The number of carbonyl (C=O) groups is 1. The predicted molar refractivity (Wildman–Crippen MR) is 179 cm³/mol. The van der Waals surface area contributed by atoms with Crippen LogP contribution in [0.25, 0.3) is 22.3 Å². The van der Waals surface area contributed by atoms with Gasteiger partial charge in [-0.05, 0) is 55.7 Å². The average molecular weight is 645 g/mol. The zero-order chi connectivity index (χ0) is 31.0. The lowest BCUT2D eigenvalue weighted by Gasteiger charge is -2.45. The minimum atomic E-state index is -1.14. The van der Waals surface area contributed by atoms with Gasteiger partial charge in [0.25, 0.3) is 5.91 Å². The SMILES string of the molecule is CC1(N2CC=CS2=O)CCCN(C(=O)c2ccnc(CNc3ccc(-c4cc5c(N6CCS(=O)CC6)ncnc5[nH]4)cc3)c2)C1. The van der Waals surface area contributed by atoms with Gasteiger partial charge < -0.3 is 20.1 Å². The third-order valence-electron chi connectivity index (χ3n) is 8.88. The lowest BCUT2D eigenvalue weighted by molar-refractivity contribution is 0.0522. The first kappa shape index (κ1) is 29.8. The number of nitrogens with zero attached hydrogens (tertiary/aromatic N) is 6. The molecular formula is C32H36N8O3S2. The number of H-pyrrole nitrogens is 1. The molecule has 2 atom stereocenters. The summed E-state index contributed by atoms with van der Waals surface area (Å²) >= 11 is 0. The number of carbonyl (C=O) groups excluding carboxylic acids is 1. The van der Waals surface area contributed by atoms with Crippen LogP contribution in [0.5, 0.6) is 0 Å². The van der Waals surface area contributed by atoms with Crippen molar-refractivity contribution >= 4 is 50.2 Å². The number of piperidine rings is 1. The highest BCUT2D eigenvalue weighted by Gasteiger charge is 2.41. The number of likely N-dealkylation sites (tertiary alicyclic amines) is 1. The molecule has 2 fully saturated rings. The Balaban J connectivity index is 0.997. The second-order valence-electron chi connectivity index (χ2n) is 12.0. The van der Waals surface area contributed by atoms with E-state index in [1.165, 1.54) is 0 Å². The van der Waals surface area contributed by atoms with Gasteiger partial charge in [-0.15, -0.1) is 0 Å². The molecule has 3 aliphatic rings. The van der Waals surface area contributed by atoms with Gasteiger partial charge in [0.1, 0.15) is 28.8 Å². The van der Waals surface area contributed by atoms with Gasteiger partial charge in [0, 0.05) is 89.1 Å². The third-order valence-corrected chi connectivity index (χ3v) is 11.6. The van der Waals surface area contributed by atoms with Crippen molar-refractivity contribution in [1.82, 2.24) is 29.1 Å². The van der Waals surface area contributed by atoms with Gasteiger partial charge in [0.05, 0.1) is 17.6 Å². The first-order chi connectivity index (χ1) is 21.9. The van der Waals surface area contributed by atoms with Crippen molar-refractivity contribution in [3.8, 4) is 11.3 Å². The quantitative estimate of drug-likeness (QED) is 0.312. The van der Waals surface area contributed by atoms with Gasteiger partial charge in [-0.1, -0.05) is 18.2 Å². The molecule has 1 amide bonds. The summed E-state index contributed by atoms with van der Waals surface area (Å²) in [6.07, 6.45) is 6.98. The summed E-state index contributed by atoms with van der Waals surface area (Å²) in [4.78, 5) is 34.5. The summed E-state index contributed by atoms with van der Waals surface area (Å²) in [6.45, 7) is 5.92. The molecule has 0 bridgehead atoms. The van der Waals surface area contributed by atoms with E-state index in [9.17, 15) is 13.2 Å². The molecule has 3 aliphatic heterocycles. The molecule has 2 saturated heterocycles. The van der Waals surface area contributed by atoms with E-state index in [2.05, 4.69) is 43.1 Å². The highest BCUT2D eigenvalue weighted by molar-refractivity contribution is 7.86. The Labute approximate surface area is 267 Å². The van der Waals surface area contributed by atoms with Crippen LogP contribution < -0.4 is 10.2 Å². The lowest BCUT2D eigenvalue weighted by atomic mass is 9.90. The normalized spacial score (nSPS) is 22.7. The molecule has 2 N–H and O–H groups in total. The fourth-order valence-electron chi connectivity index (χ4n) is 6.44. The molecular weight excluding hydrogens is 609 g/mol. The zero-order valence-corrected chi connectivity index (χ0v) is 26.8. The number of anilines is 2. The molecule has 3 aromatic heterocycles. The fraction of sp³-hybridized carbons (Fsp3) is 0.375. The minimum Gasteiger partial charge on any atom is -0.379 e. The highest BCUT2D eigenvalue weighted by atomic mass is 32.2. The number of nitrogens with one attached hydrogen (secondary N) is 2. The van der Waals surface area contributed by atoms with E-state index in [-0.39, 0.29) is 11.4 Å². The van der Waals surface area contributed by atoms with Crippen LogP contribution >= 0.6 is 0 Å². The van der Waals surface area contributed by atoms with Gasteiger partial charge in [-0.3, -0.25) is 14.0 Å². The Morgan fingerprint density at radius 3 is 2.64 bits per heavy atom. The van der Waals surface area contributed by atoms with Crippen molar-refractivity contribution in [1.29, 1.82) is 0 Å². The number of hydrogen-bond acceptors (Lipinski definition) is 8. The fourth-order valence-corrected chi connectivity index (χ4v) is 8.70. The van der Waals surface area contributed by atoms with E-state index in [0.29, 0.717) is 43.2 Å². The van der Waals surface area contributed by atoms with Crippen molar-refractivity contribution in [2.75, 3.05) is 54.4 Å². The third kappa shape index (κ3) is 6.16. The molecule has 0 saturated carbocycles. The van der Waals surface area contributed by atoms with Gasteiger partial charge in [-0.2, -0.15) is 0 Å². The molecule has 0 aliphatic carbocycles. The van der Waals surface area contributed by atoms with Crippen LogP contribution in [0.3, 0.4) is 0 Å². The van der Waals surface area contributed by atoms with Gasteiger partial charge in [0.2, 0.25) is 0 Å². The first-order valence-corrected chi connectivity index (χ1v) is 17.9. The van der Waals surface area contributed by atoms with Crippen molar-refractivity contribution in [2.45, 2.75) is 31.8 Å². The lowest BCUT2D eigenvalue weighted by Crippen LogP contribution is -2.57. The maximum Gasteiger partial charge on any atom is 0.254 e. The Kier molecular flexibility index (Phi) is 8.23. The van der Waals surface area contributed by atoms with Crippen LogP contribution in [0, 0.1) is 0 Å². The smallest absolute Gasteiger partial charge is 0.254 e. The molecule has 45 heavy (non-hydrogen) atoms. The van der Waals surface area contributed by atoms with Crippen molar-refractivity contribution in [3.63, 3.8) is 0 Å². The summed E-state index contributed by atoms with van der Waals surface area (Å²) in [5.41, 5.74) is 4.77. The number of pyridine rings is 1. The van der Waals surface area contributed by atoms with E-state index in [0.717, 1.165) is 65.4 Å². The summed E-state index contributed by atoms with van der Waals surface area (Å²) in [7, 11) is -1.88. The Morgan fingerprint density at radius 1 is 1.04 bits per heavy atom. The number of aromatic nitrogens is 4. The van der Waals surface area contributed by atoms with E-state index in [1.807, 2.05) is 45.6 Å². The topological polar surface area (TPSA) is 127 Å². The zero-order valence-electron chi connectivity index (χ0n) is 25.1. The minimum absolute atomic E-state index is 0.0201. The van der Waals surface area contributed by atoms with Gasteiger partial charge in [0.15, 0.2) is 0 Å². The second kappa shape index (κ2) is 12.5. The van der Waals surface area contributed by atoms with Gasteiger partial charge in [-0.25, -0.2) is 18.5 Å². The Bertz CT molecular complexity index is 1800. The second-order valence-corrected chi connectivity index (χ2v) is 14.9. The summed E-state index contributed by atoms with van der Waals surface area (Å²) < 4.78 is 26.3. The number of fused-ring (bicyclic) bond motifs is 1. The van der Waals surface area contributed by atoms with Crippen LogP contribution in [0.15, 0.2) is 66.5 Å². The number of hydrogen-bond donors (Lipinski definition) is 2. The maximum absolute atomic E-state index is 13.5. The van der Waals surface area contributed by atoms with Crippen LogP contribution in [-0.4, -0.2) is 93.2 Å². The molecule has 1 aromatic carbocycles. The van der Waals surface area contributed by atoms with Crippen LogP contribution in [0.4, 0.5) is 11.5 Å². The highest BCUT2D eigenvalue weighted by Crippen LogP contribution is 2.32. The van der Waals surface area contributed by atoms with Crippen LogP contribution in [-0.2, 0) is 28.3 Å². The van der Waals surface area contributed by atoms with Crippen molar-refractivity contribution in [2.24, 2.45) is 0 Å². The standard InChI is InChI=1S/C32H36N8O3S2/c1-32(40-12-3-15-45(40)43)9-2-11-39(21-32)31(41)24-8-10-33-26(18-24)20-34-25-6-4-23(5-7-25)28-19-27-29(37-28)35-22-36-30(27)38-13-16-44(42)17-14-38/h3-8,10,15,18-19,22,34H,2,9,11-14,16-17,20-21H2,1H3,(H,35,36,37). The maximum atomic E-state index is 13.5. The Hall–Kier alpha value is -3.94. The van der Waals surface area contributed by atoms with Crippen LogP contribution in [0.1, 0.15) is 35.8 Å². The Morgan fingerprint density at radius 2 is 1.87 bits per heavy atom. The van der Waals surface area contributed by atoms with E-state index >= 15 is 0 Å². The molecule has 2 unspecified atom stereocenters. The number of benzene rings is 1. The van der Waals surface area contributed by atoms with Gasteiger partial charge >= 0.3 is 0 Å². The molecule has 0 radical (unpaired) electrons. The largest absolute Gasteiger partial charge is 0.379 e. The van der Waals surface area contributed by atoms with Crippen LogP contribution in [0.2, 0.25) is 0 Å². The summed E-state index contributed by atoms with van der Waals surface area (Å²) in [5.74, 6) is 2.17. The number of amides is 1. The predicted octanol–water partition coefficient (Wildman–Crippen LogP) is 3.69. The first-order valence-electron chi connectivity index (χ1n) is 15.2. The van der Waals surface area contributed by atoms with Crippen molar-refractivity contribution in [3.05, 3.63) is 77.7 Å². The molecule has 4 aromatic rings. The molecule has 0 spiro atoms. The van der Waals surface area contributed by atoms with Crippen molar-refractivity contribution < 1.29 is 13.2 Å².